The maximum Gasteiger partial charge on any atom is 0.288 e. The first-order valence-corrected chi connectivity index (χ1v) is 5.65. The van der Waals surface area contributed by atoms with E-state index in [9.17, 15) is 4.79 Å². The molecule has 2 heterocycles. The standard InChI is InChI=1S/C10H7N5OS/c11-7(16)8-12-13-10-15(8)14-9(17-10)6-4-2-1-3-5-6/h1-5H,(H2,11,16). The molecule has 0 atom stereocenters. The van der Waals surface area contributed by atoms with E-state index in [0.717, 1.165) is 10.6 Å². The lowest BCUT2D eigenvalue weighted by molar-refractivity contribution is 0.0988. The predicted octanol–water partition coefficient (Wildman–Crippen LogP) is 0.952. The van der Waals surface area contributed by atoms with E-state index in [1.165, 1.54) is 15.9 Å². The average molecular weight is 245 g/mol. The van der Waals surface area contributed by atoms with E-state index < -0.39 is 5.91 Å². The zero-order valence-corrected chi connectivity index (χ0v) is 9.39. The van der Waals surface area contributed by atoms with E-state index in [0.29, 0.717) is 4.96 Å². The third kappa shape index (κ3) is 1.56. The minimum atomic E-state index is -0.637. The number of carbonyl (C=O) groups is 1. The molecular formula is C10H7N5OS. The molecule has 0 saturated carbocycles. The van der Waals surface area contributed by atoms with Gasteiger partial charge in [0.15, 0.2) is 0 Å². The number of rotatable bonds is 2. The van der Waals surface area contributed by atoms with Crippen molar-refractivity contribution >= 4 is 22.2 Å². The van der Waals surface area contributed by atoms with Crippen LogP contribution in [-0.2, 0) is 0 Å². The number of amides is 1. The largest absolute Gasteiger partial charge is 0.363 e. The summed E-state index contributed by atoms with van der Waals surface area (Å²) in [5.41, 5.74) is 6.15. The Hall–Kier alpha value is -2.28. The fourth-order valence-corrected chi connectivity index (χ4v) is 2.31. The minimum Gasteiger partial charge on any atom is -0.363 e. The Morgan fingerprint density at radius 3 is 2.71 bits per heavy atom. The Kier molecular flexibility index (Phi) is 2.12. The topological polar surface area (TPSA) is 86.2 Å². The number of nitrogens with two attached hydrogens (primary N) is 1. The number of hydrogen-bond donors (Lipinski definition) is 1. The number of aromatic nitrogens is 4. The summed E-state index contributed by atoms with van der Waals surface area (Å²) in [6, 6.07) is 9.66. The molecular weight excluding hydrogens is 238 g/mol. The Bertz CT molecular complexity index is 687. The predicted molar refractivity (Wildman–Crippen MR) is 62.6 cm³/mol. The van der Waals surface area contributed by atoms with E-state index in [1.807, 2.05) is 30.3 Å². The van der Waals surface area contributed by atoms with Crippen LogP contribution in [0.25, 0.3) is 15.5 Å². The molecule has 0 fully saturated rings. The van der Waals surface area contributed by atoms with Gasteiger partial charge in [0.05, 0.1) is 0 Å². The smallest absolute Gasteiger partial charge is 0.288 e. The van der Waals surface area contributed by atoms with Gasteiger partial charge in [0.1, 0.15) is 5.01 Å². The summed E-state index contributed by atoms with van der Waals surface area (Å²) in [7, 11) is 0. The van der Waals surface area contributed by atoms with Gasteiger partial charge < -0.3 is 5.73 Å². The quantitative estimate of drug-likeness (QED) is 0.728. The van der Waals surface area contributed by atoms with Crippen LogP contribution in [0.5, 0.6) is 0 Å². The first-order chi connectivity index (χ1) is 8.25. The maximum atomic E-state index is 11.1. The van der Waals surface area contributed by atoms with Gasteiger partial charge in [0.25, 0.3) is 5.91 Å². The molecule has 1 amide bonds. The van der Waals surface area contributed by atoms with Crippen molar-refractivity contribution in [3.63, 3.8) is 0 Å². The van der Waals surface area contributed by atoms with Gasteiger partial charge in [-0.25, -0.2) is 0 Å². The van der Waals surface area contributed by atoms with Crippen LogP contribution in [0, 0.1) is 0 Å². The molecule has 84 valence electrons. The van der Waals surface area contributed by atoms with E-state index in [4.69, 9.17) is 5.73 Å². The first kappa shape index (κ1) is 9.91. The molecule has 0 aliphatic carbocycles. The third-order valence-corrected chi connectivity index (χ3v) is 3.18. The van der Waals surface area contributed by atoms with Gasteiger partial charge in [-0.05, 0) is 0 Å². The van der Waals surface area contributed by atoms with Gasteiger partial charge in [0, 0.05) is 5.56 Å². The van der Waals surface area contributed by atoms with Gasteiger partial charge in [-0.15, -0.1) is 10.2 Å². The van der Waals surface area contributed by atoms with Crippen LogP contribution < -0.4 is 5.73 Å². The van der Waals surface area contributed by atoms with Crippen LogP contribution in [0.15, 0.2) is 30.3 Å². The Morgan fingerprint density at radius 1 is 1.24 bits per heavy atom. The third-order valence-electron chi connectivity index (χ3n) is 2.23. The van der Waals surface area contributed by atoms with Crippen LogP contribution in [0.4, 0.5) is 0 Å². The molecule has 6 nitrogen and oxygen atoms in total. The van der Waals surface area contributed by atoms with Crippen molar-refractivity contribution in [1.82, 2.24) is 19.8 Å². The molecule has 0 aliphatic heterocycles. The number of benzene rings is 1. The number of carbonyl (C=O) groups excluding carboxylic acids is 1. The molecule has 0 aliphatic rings. The van der Waals surface area contributed by atoms with Crippen molar-refractivity contribution in [2.75, 3.05) is 0 Å². The molecule has 2 N–H and O–H groups in total. The zero-order chi connectivity index (χ0) is 11.8. The number of fused-ring (bicyclic) bond motifs is 1. The number of nitrogens with zero attached hydrogens (tertiary/aromatic N) is 4. The molecule has 17 heavy (non-hydrogen) atoms. The molecule has 0 unspecified atom stereocenters. The van der Waals surface area contributed by atoms with Crippen molar-refractivity contribution in [2.45, 2.75) is 0 Å². The monoisotopic (exact) mass is 245 g/mol. The fourth-order valence-electron chi connectivity index (χ4n) is 1.47. The highest BCUT2D eigenvalue weighted by molar-refractivity contribution is 7.19. The summed E-state index contributed by atoms with van der Waals surface area (Å²) in [5, 5.41) is 12.6. The summed E-state index contributed by atoms with van der Waals surface area (Å²) in [5.74, 6) is -0.583. The van der Waals surface area contributed by atoms with Crippen molar-refractivity contribution in [1.29, 1.82) is 0 Å². The van der Waals surface area contributed by atoms with Crippen LogP contribution in [-0.4, -0.2) is 25.7 Å². The van der Waals surface area contributed by atoms with E-state index in [1.54, 1.807) is 0 Å². The summed E-state index contributed by atoms with van der Waals surface area (Å²) >= 11 is 1.36. The van der Waals surface area contributed by atoms with Gasteiger partial charge in [-0.1, -0.05) is 41.7 Å². The molecule has 0 saturated heterocycles. The highest BCUT2D eigenvalue weighted by Gasteiger charge is 2.15. The van der Waals surface area contributed by atoms with Gasteiger partial charge >= 0.3 is 0 Å². The average Bonchev–Trinajstić information content (AvgIpc) is 2.88. The fraction of sp³-hybridized carbons (Fsp3) is 0. The molecule has 0 bridgehead atoms. The lowest BCUT2D eigenvalue weighted by atomic mass is 10.2. The van der Waals surface area contributed by atoms with Gasteiger partial charge in [-0.2, -0.15) is 9.61 Å². The summed E-state index contributed by atoms with van der Waals surface area (Å²) in [6.45, 7) is 0. The first-order valence-electron chi connectivity index (χ1n) is 4.83. The Labute approximate surface area is 99.7 Å². The summed E-state index contributed by atoms with van der Waals surface area (Å²) in [6.07, 6.45) is 0. The van der Waals surface area contributed by atoms with E-state index >= 15 is 0 Å². The van der Waals surface area contributed by atoms with Crippen molar-refractivity contribution in [3.8, 4) is 10.6 Å². The Balaban J connectivity index is 2.18. The van der Waals surface area contributed by atoms with E-state index in [2.05, 4.69) is 15.3 Å². The lowest BCUT2D eigenvalue weighted by Gasteiger charge is -1.92. The van der Waals surface area contributed by atoms with Gasteiger partial charge in [-0.3, -0.25) is 4.79 Å². The highest BCUT2D eigenvalue weighted by atomic mass is 32.1. The number of hydrogen-bond acceptors (Lipinski definition) is 5. The van der Waals surface area contributed by atoms with Crippen LogP contribution in [0.3, 0.4) is 0 Å². The maximum absolute atomic E-state index is 11.1. The SMILES string of the molecule is NC(=O)c1nnc2sc(-c3ccccc3)nn12. The summed E-state index contributed by atoms with van der Waals surface area (Å²) in [4.78, 5) is 11.6. The minimum absolute atomic E-state index is 0.0541. The van der Waals surface area contributed by atoms with Crippen LogP contribution in [0.1, 0.15) is 10.6 Å². The number of primary amides is 1. The Morgan fingerprint density at radius 2 is 2.00 bits per heavy atom. The molecule has 1 aromatic carbocycles. The second-order valence-corrected chi connectivity index (χ2v) is 4.31. The summed E-state index contributed by atoms with van der Waals surface area (Å²) < 4.78 is 1.37. The normalized spacial score (nSPS) is 10.8. The molecule has 3 aromatic rings. The molecule has 0 radical (unpaired) electrons. The molecule has 3 rings (SSSR count). The molecule has 7 heteroatoms. The second kappa shape index (κ2) is 3.63. The highest BCUT2D eigenvalue weighted by Crippen LogP contribution is 2.24. The van der Waals surface area contributed by atoms with Gasteiger partial charge in [0.2, 0.25) is 10.8 Å². The lowest BCUT2D eigenvalue weighted by Crippen LogP contribution is -2.15. The second-order valence-electron chi connectivity index (χ2n) is 3.36. The molecule has 0 spiro atoms. The van der Waals surface area contributed by atoms with Crippen molar-refractivity contribution in [3.05, 3.63) is 36.2 Å². The van der Waals surface area contributed by atoms with Crippen LogP contribution in [0.2, 0.25) is 0 Å². The van der Waals surface area contributed by atoms with Crippen molar-refractivity contribution in [2.24, 2.45) is 5.73 Å². The van der Waals surface area contributed by atoms with Crippen LogP contribution >= 0.6 is 11.3 Å². The van der Waals surface area contributed by atoms with E-state index in [-0.39, 0.29) is 5.82 Å². The van der Waals surface area contributed by atoms with Crippen molar-refractivity contribution < 1.29 is 4.79 Å². The molecule has 2 aromatic heterocycles. The zero-order valence-electron chi connectivity index (χ0n) is 8.57.